The molecule has 0 bridgehead atoms. The second-order valence-electron chi connectivity index (χ2n) is 5.25. The smallest absolute Gasteiger partial charge is 0.133 e. The molecule has 1 atom stereocenters. The highest BCUT2D eigenvalue weighted by atomic mass is 19.1. The lowest BCUT2D eigenvalue weighted by Crippen LogP contribution is -2.19. The zero-order valence-corrected chi connectivity index (χ0v) is 10.5. The molecule has 1 aromatic rings. The second-order valence-corrected chi connectivity index (χ2v) is 5.25. The summed E-state index contributed by atoms with van der Waals surface area (Å²) in [7, 11) is 0. The summed E-state index contributed by atoms with van der Waals surface area (Å²) < 4.78 is 14.4. The van der Waals surface area contributed by atoms with Gasteiger partial charge in [0.25, 0.3) is 0 Å². The minimum Gasteiger partial charge on any atom is -0.508 e. The Morgan fingerprint density at radius 1 is 1.35 bits per heavy atom. The lowest BCUT2D eigenvalue weighted by atomic mass is 9.93. The molecule has 0 heterocycles. The van der Waals surface area contributed by atoms with E-state index in [-0.39, 0.29) is 23.5 Å². The van der Waals surface area contributed by atoms with Crippen LogP contribution in [0.4, 0.5) is 4.39 Å². The summed E-state index contributed by atoms with van der Waals surface area (Å²) in [5.74, 6) is -0.131. The number of aryl methyl sites for hydroxylation is 1. The highest BCUT2D eigenvalue weighted by molar-refractivity contribution is 5.45. The number of phenols is 1. The Balaban J connectivity index is 2.51. The average Bonchev–Trinajstić information content (AvgIpc) is 2.41. The van der Waals surface area contributed by atoms with Gasteiger partial charge in [0.1, 0.15) is 11.6 Å². The van der Waals surface area contributed by atoms with Gasteiger partial charge in [0.05, 0.1) is 0 Å². The maximum absolute atomic E-state index is 14.4. The molecule has 1 aliphatic rings. The number of benzene rings is 1. The minimum atomic E-state index is -0.218. The number of aromatic hydroxyl groups is 1. The predicted molar refractivity (Wildman–Crippen MR) is 66.8 cm³/mol. The van der Waals surface area contributed by atoms with E-state index in [9.17, 15) is 9.50 Å². The minimum absolute atomic E-state index is 0.00257. The van der Waals surface area contributed by atoms with E-state index in [4.69, 9.17) is 5.73 Å². The third kappa shape index (κ3) is 2.29. The first kappa shape index (κ1) is 12.4. The zero-order valence-electron chi connectivity index (χ0n) is 10.5. The molecule has 94 valence electrons. The molecule has 17 heavy (non-hydrogen) atoms. The van der Waals surface area contributed by atoms with Crippen LogP contribution < -0.4 is 5.73 Å². The highest BCUT2D eigenvalue weighted by Gasteiger charge is 2.22. The molecule has 1 aromatic carbocycles. The van der Waals surface area contributed by atoms with Crippen molar-refractivity contribution in [3.8, 4) is 5.75 Å². The van der Waals surface area contributed by atoms with Crippen molar-refractivity contribution in [2.45, 2.75) is 51.5 Å². The monoisotopic (exact) mass is 237 g/mol. The van der Waals surface area contributed by atoms with Gasteiger partial charge >= 0.3 is 0 Å². The van der Waals surface area contributed by atoms with E-state index in [0.29, 0.717) is 12.0 Å². The van der Waals surface area contributed by atoms with Crippen LogP contribution in [0.3, 0.4) is 0 Å². The summed E-state index contributed by atoms with van der Waals surface area (Å²) in [6, 6.07) is 1.87. The molecule has 0 radical (unpaired) electrons. The molecule has 0 fully saturated rings. The number of hydrogen-bond donors (Lipinski definition) is 2. The zero-order chi connectivity index (χ0) is 12.6. The van der Waals surface area contributed by atoms with Gasteiger partial charge in [-0.15, -0.1) is 0 Å². The summed E-state index contributed by atoms with van der Waals surface area (Å²) in [5.41, 5.74) is 8.05. The molecule has 0 saturated heterocycles. The molecule has 0 saturated carbocycles. The van der Waals surface area contributed by atoms with Gasteiger partial charge in [0.2, 0.25) is 0 Å². The van der Waals surface area contributed by atoms with E-state index >= 15 is 0 Å². The standard InChI is InChI=1S/C14H20FNO/c1-8(2)13-12(17)7-9-3-4-10(16)5-6-11(9)14(13)15/h7-8,10,17H,3-6,16H2,1-2H3/t10-/m0/s1. The number of halogens is 1. The molecule has 1 aliphatic carbocycles. The van der Waals surface area contributed by atoms with Gasteiger partial charge in [-0.3, -0.25) is 0 Å². The third-order valence-electron chi connectivity index (χ3n) is 3.60. The Morgan fingerprint density at radius 3 is 2.65 bits per heavy atom. The van der Waals surface area contributed by atoms with Crippen molar-refractivity contribution in [1.29, 1.82) is 0 Å². The molecule has 0 spiro atoms. The quantitative estimate of drug-likeness (QED) is 0.738. The van der Waals surface area contributed by atoms with Crippen LogP contribution in [0, 0.1) is 5.82 Å². The molecular formula is C14H20FNO. The van der Waals surface area contributed by atoms with E-state index in [0.717, 1.165) is 30.4 Å². The summed E-state index contributed by atoms with van der Waals surface area (Å²) in [5, 5.41) is 9.90. The molecule has 3 N–H and O–H groups in total. The number of nitrogens with two attached hydrogens (primary N) is 1. The summed E-state index contributed by atoms with van der Waals surface area (Å²) in [4.78, 5) is 0. The van der Waals surface area contributed by atoms with E-state index in [1.807, 2.05) is 13.8 Å². The van der Waals surface area contributed by atoms with Gasteiger partial charge in [-0.05, 0) is 48.8 Å². The predicted octanol–water partition coefficient (Wildman–Crippen LogP) is 2.86. The SMILES string of the molecule is CC(C)c1c(O)cc2c(c1F)CC[C@@H](N)CC2. The molecule has 2 rings (SSSR count). The van der Waals surface area contributed by atoms with Crippen LogP contribution >= 0.6 is 0 Å². The van der Waals surface area contributed by atoms with Crippen LogP contribution in [0.25, 0.3) is 0 Å². The molecule has 0 unspecified atom stereocenters. The van der Waals surface area contributed by atoms with E-state index in [1.165, 1.54) is 0 Å². The number of hydrogen-bond acceptors (Lipinski definition) is 2. The van der Waals surface area contributed by atoms with Crippen molar-refractivity contribution in [3.05, 3.63) is 28.6 Å². The van der Waals surface area contributed by atoms with E-state index in [1.54, 1.807) is 6.07 Å². The van der Waals surface area contributed by atoms with Crippen molar-refractivity contribution < 1.29 is 9.50 Å². The van der Waals surface area contributed by atoms with Crippen molar-refractivity contribution in [2.75, 3.05) is 0 Å². The highest BCUT2D eigenvalue weighted by Crippen LogP contribution is 2.35. The third-order valence-corrected chi connectivity index (χ3v) is 3.60. The van der Waals surface area contributed by atoms with E-state index < -0.39 is 0 Å². The fraction of sp³-hybridized carbons (Fsp3) is 0.571. The molecule has 0 aromatic heterocycles. The maximum atomic E-state index is 14.4. The second kappa shape index (κ2) is 4.65. The number of rotatable bonds is 1. The van der Waals surface area contributed by atoms with Gasteiger partial charge in [0, 0.05) is 11.6 Å². The maximum Gasteiger partial charge on any atom is 0.133 e. The first-order valence-electron chi connectivity index (χ1n) is 6.29. The Kier molecular flexibility index (Phi) is 3.38. The lowest BCUT2D eigenvalue weighted by Gasteiger charge is -2.15. The fourth-order valence-electron chi connectivity index (χ4n) is 2.60. The Hall–Kier alpha value is -1.09. The summed E-state index contributed by atoms with van der Waals surface area (Å²) in [6.07, 6.45) is 3.14. The largest absolute Gasteiger partial charge is 0.508 e. The molecule has 0 aliphatic heterocycles. The van der Waals surface area contributed by atoms with Crippen molar-refractivity contribution in [1.82, 2.24) is 0 Å². The van der Waals surface area contributed by atoms with Gasteiger partial charge in [-0.25, -0.2) is 4.39 Å². The number of phenolic OH excluding ortho intramolecular Hbond substituents is 1. The van der Waals surface area contributed by atoms with E-state index in [2.05, 4.69) is 0 Å². The first-order valence-corrected chi connectivity index (χ1v) is 6.29. The normalized spacial score (nSPS) is 20.2. The molecule has 2 nitrogen and oxygen atoms in total. The van der Waals surface area contributed by atoms with Gasteiger partial charge in [0.15, 0.2) is 0 Å². The summed E-state index contributed by atoms with van der Waals surface area (Å²) in [6.45, 7) is 3.79. The van der Waals surface area contributed by atoms with Crippen LogP contribution in [0.15, 0.2) is 6.07 Å². The van der Waals surface area contributed by atoms with Gasteiger partial charge in [-0.1, -0.05) is 13.8 Å². The van der Waals surface area contributed by atoms with Crippen LogP contribution in [0.1, 0.15) is 49.3 Å². The average molecular weight is 237 g/mol. The topological polar surface area (TPSA) is 46.2 Å². The van der Waals surface area contributed by atoms with Crippen molar-refractivity contribution in [3.63, 3.8) is 0 Å². The van der Waals surface area contributed by atoms with Gasteiger partial charge < -0.3 is 10.8 Å². The molecule has 0 amide bonds. The first-order chi connectivity index (χ1) is 8.00. The van der Waals surface area contributed by atoms with Crippen molar-refractivity contribution in [2.24, 2.45) is 5.73 Å². The van der Waals surface area contributed by atoms with Crippen LogP contribution in [0.5, 0.6) is 5.75 Å². The Morgan fingerprint density at radius 2 is 2.00 bits per heavy atom. The van der Waals surface area contributed by atoms with Crippen LogP contribution in [-0.2, 0) is 12.8 Å². The van der Waals surface area contributed by atoms with Crippen LogP contribution in [0.2, 0.25) is 0 Å². The van der Waals surface area contributed by atoms with Crippen molar-refractivity contribution >= 4 is 0 Å². The Labute approximate surface area is 102 Å². The Bertz CT molecular complexity index is 429. The summed E-state index contributed by atoms with van der Waals surface area (Å²) >= 11 is 0. The number of fused-ring (bicyclic) bond motifs is 1. The van der Waals surface area contributed by atoms with Crippen LogP contribution in [-0.4, -0.2) is 11.1 Å². The fourth-order valence-corrected chi connectivity index (χ4v) is 2.60. The van der Waals surface area contributed by atoms with Gasteiger partial charge in [-0.2, -0.15) is 0 Å². The molecule has 3 heteroatoms. The lowest BCUT2D eigenvalue weighted by molar-refractivity contribution is 0.450. The molecular weight excluding hydrogens is 217 g/mol.